The van der Waals surface area contributed by atoms with Crippen molar-refractivity contribution in [1.82, 2.24) is 9.97 Å². The van der Waals surface area contributed by atoms with Crippen molar-refractivity contribution < 1.29 is 4.74 Å². The molecule has 0 saturated heterocycles. The predicted molar refractivity (Wildman–Crippen MR) is 80.1 cm³/mol. The van der Waals surface area contributed by atoms with Crippen LogP contribution in [0.5, 0.6) is 5.75 Å². The SMILES string of the molecule is CCCc1c(NN)ncnc1Nc1cccc(OC)c1. The second-order valence-corrected chi connectivity index (χ2v) is 4.30. The quantitative estimate of drug-likeness (QED) is 0.554. The number of rotatable bonds is 6. The smallest absolute Gasteiger partial charge is 0.148 e. The van der Waals surface area contributed by atoms with Gasteiger partial charge in [0.25, 0.3) is 0 Å². The van der Waals surface area contributed by atoms with Gasteiger partial charge >= 0.3 is 0 Å². The second kappa shape index (κ2) is 6.72. The average Bonchev–Trinajstić information content (AvgIpc) is 2.49. The van der Waals surface area contributed by atoms with Gasteiger partial charge in [-0.05, 0) is 18.6 Å². The zero-order valence-electron chi connectivity index (χ0n) is 11.7. The van der Waals surface area contributed by atoms with Crippen molar-refractivity contribution in [1.29, 1.82) is 0 Å². The number of benzene rings is 1. The number of hydrogen-bond acceptors (Lipinski definition) is 6. The molecule has 0 amide bonds. The Morgan fingerprint density at radius 3 is 2.75 bits per heavy atom. The molecule has 0 radical (unpaired) electrons. The van der Waals surface area contributed by atoms with E-state index in [1.165, 1.54) is 6.33 Å². The van der Waals surface area contributed by atoms with E-state index in [0.29, 0.717) is 5.82 Å². The minimum atomic E-state index is 0.646. The number of methoxy groups -OCH3 is 1. The topological polar surface area (TPSA) is 85.1 Å². The molecule has 0 spiro atoms. The molecule has 0 aliphatic carbocycles. The monoisotopic (exact) mass is 273 g/mol. The van der Waals surface area contributed by atoms with Gasteiger partial charge in [0.2, 0.25) is 0 Å². The Hall–Kier alpha value is -2.34. The fourth-order valence-corrected chi connectivity index (χ4v) is 1.97. The number of nitrogen functional groups attached to an aromatic ring is 1. The number of nitrogens with one attached hydrogen (secondary N) is 2. The highest BCUT2D eigenvalue weighted by Gasteiger charge is 2.10. The Bertz CT molecular complexity index is 573. The molecule has 1 heterocycles. The Morgan fingerprint density at radius 2 is 2.05 bits per heavy atom. The van der Waals surface area contributed by atoms with Crippen LogP contribution in [-0.4, -0.2) is 17.1 Å². The van der Waals surface area contributed by atoms with Crippen LogP contribution in [0.15, 0.2) is 30.6 Å². The van der Waals surface area contributed by atoms with E-state index in [1.807, 2.05) is 24.3 Å². The molecule has 4 N–H and O–H groups in total. The molecule has 6 nitrogen and oxygen atoms in total. The van der Waals surface area contributed by atoms with Crippen LogP contribution in [-0.2, 0) is 6.42 Å². The van der Waals surface area contributed by atoms with E-state index in [-0.39, 0.29) is 0 Å². The number of hydrogen-bond donors (Lipinski definition) is 3. The number of anilines is 3. The Labute approximate surface area is 118 Å². The average molecular weight is 273 g/mol. The van der Waals surface area contributed by atoms with Gasteiger partial charge in [0, 0.05) is 17.3 Å². The van der Waals surface area contributed by atoms with E-state index in [0.717, 1.165) is 35.7 Å². The van der Waals surface area contributed by atoms with Crippen molar-refractivity contribution in [3.63, 3.8) is 0 Å². The summed E-state index contributed by atoms with van der Waals surface area (Å²) in [6.07, 6.45) is 3.30. The van der Waals surface area contributed by atoms with Gasteiger partial charge in [-0.15, -0.1) is 0 Å². The summed E-state index contributed by atoms with van der Waals surface area (Å²) >= 11 is 0. The van der Waals surface area contributed by atoms with Gasteiger partial charge in [-0.1, -0.05) is 19.4 Å². The summed E-state index contributed by atoms with van der Waals surface area (Å²) in [4.78, 5) is 8.44. The number of ether oxygens (including phenoxy) is 1. The number of hydrazine groups is 1. The Kier molecular flexibility index (Phi) is 4.73. The third kappa shape index (κ3) is 3.16. The first-order valence-corrected chi connectivity index (χ1v) is 6.50. The molecule has 106 valence electrons. The highest BCUT2D eigenvalue weighted by molar-refractivity contribution is 5.65. The summed E-state index contributed by atoms with van der Waals surface area (Å²) in [7, 11) is 1.64. The number of nitrogens with zero attached hydrogens (tertiary/aromatic N) is 2. The van der Waals surface area contributed by atoms with Crippen molar-refractivity contribution in [3.05, 3.63) is 36.2 Å². The van der Waals surface area contributed by atoms with Crippen LogP contribution in [0.1, 0.15) is 18.9 Å². The van der Waals surface area contributed by atoms with Gasteiger partial charge in [-0.25, -0.2) is 15.8 Å². The number of aromatic nitrogens is 2. The van der Waals surface area contributed by atoms with E-state index in [4.69, 9.17) is 10.6 Å². The van der Waals surface area contributed by atoms with Crippen LogP contribution < -0.4 is 21.3 Å². The molecule has 6 heteroatoms. The third-order valence-electron chi connectivity index (χ3n) is 2.91. The lowest BCUT2D eigenvalue weighted by molar-refractivity contribution is 0.415. The van der Waals surface area contributed by atoms with Crippen molar-refractivity contribution in [2.75, 3.05) is 17.9 Å². The highest BCUT2D eigenvalue weighted by atomic mass is 16.5. The van der Waals surface area contributed by atoms with Gasteiger partial charge in [-0.3, -0.25) is 0 Å². The molecule has 0 saturated carbocycles. The third-order valence-corrected chi connectivity index (χ3v) is 2.91. The molecule has 2 rings (SSSR count). The first-order valence-electron chi connectivity index (χ1n) is 6.50. The standard InChI is InChI=1S/C14H19N5O/c1-3-5-12-13(16-9-17-14(12)19-15)18-10-6-4-7-11(8-10)20-2/h4,6-9H,3,5,15H2,1-2H3,(H2,16,17,18,19). The van der Waals surface area contributed by atoms with Crippen LogP contribution in [0.3, 0.4) is 0 Å². The molecule has 0 bridgehead atoms. The zero-order valence-corrected chi connectivity index (χ0v) is 11.7. The maximum atomic E-state index is 5.50. The fraction of sp³-hybridized carbons (Fsp3) is 0.286. The van der Waals surface area contributed by atoms with Crippen molar-refractivity contribution in [2.24, 2.45) is 5.84 Å². The summed E-state index contributed by atoms with van der Waals surface area (Å²) in [5, 5.41) is 3.28. The fourth-order valence-electron chi connectivity index (χ4n) is 1.97. The van der Waals surface area contributed by atoms with Crippen LogP contribution >= 0.6 is 0 Å². The zero-order chi connectivity index (χ0) is 14.4. The maximum absolute atomic E-state index is 5.50. The normalized spacial score (nSPS) is 10.2. The van der Waals surface area contributed by atoms with E-state index in [1.54, 1.807) is 7.11 Å². The molecule has 0 fully saturated rings. The minimum Gasteiger partial charge on any atom is -0.497 e. The van der Waals surface area contributed by atoms with Crippen LogP contribution in [0.25, 0.3) is 0 Å². The molecule has 0 aliphatic rings. The van der Waals surface area contributed by atoms with Gasteiger partial charge in [0.05, 0.1) is 7.11 Å². The maximum Gasteiger partial charge on any atom is 0.148 e. The van der Waals surface area contributed by atoms with E-state index < -0.39 is 0 Å². The first-order chi connectivity index (χ1) is 9.78. The summed E-state index contributed by atoms with van der Waals surface area (Å²) in [5.74, 6) is 7.69. The molecule has 0 aliphatic heterocycles. The molecule has 1 aromatic carbocycles. The van der Waals surface area contributed by atoms with Gasteiger partial charge < -0.3 is 15.5 Å². The highest BCUT2D eigenvalue weighted by Crippen LogP contribution is 2.26. The van der Waals surface area contributed by atoms with Gasteiger partial charge in [0.1, 0.15) is 23.7 Å². The summed E-state index contributed by atoms with van der Waals surface area (Å²) in [5.41, 5.74) is 4.49. The molecule has 1 aromatic heterocycles. The van der Waals surface area contributed by atoms with Gasteiger partial charge in [0.15, 0.2) is 0 Å². The summed E-state index contributed by atoms with van der Waals surface area (Å²) in [6.45, 7) is 2.10. The molecular weight excluding hydrogens is 254 g/mol. The summed E-state index contributed by atoms with van der Waals surface area (Å²) in [6, 6.07) is 7.68. The lowest BCUT2D eigenvalue weighted by Gasteiger charge is -2.13. The first kappa shape index (κ1) is 14.1. The Morgan fingerprint density at radius 1 is 1.25 bits per heavy atom. The van der Waals surface area contributed by atoms with Crippen LogP contribution in [0.2, 0.25) is 0 Å². The lowest BCUT2D eigenvalue weighted by atomic mass is 10.1. The summed E-state index contributed by atoms with van der Waals surface area (Å²) < 4.78 is 5.21. The second-order valence-electron chi connectivity index (χ2n) is 4.30. The predicted octanol–water partition coefficient (Wildman–Crippen LogP) is 2.47. The van der Waals surface area contributed by atoms with E-state index >= 15 is 0 Å². The molecule has 2 aromatic rings. The van der Waals surface area contributed by atoms with Crippen LogP contribution in [0.4, 0.5) is 17.3 Å². The van der Waals surface area contributed by atoms with E-state index in [2.05, 4.69) is 27.6 Å². The van der Waals surface area contributed by atoms with Crippen molar-refractivity contribution in [3.8, 4) is 5.75 Å². The van der Waals surface area contributed by atoms with Crippen LogP contribution in [0, 0.1) is 0 Å². The molecular formula is C14H19N5O. The van der Waals surface area contributed by atoms with E-state index in [9.17, 15) is 0 Å². The largest absolute Gasteiger partial charge is 0.497 e. The Balaban J connectivity index is 2.32. The molecule has 20 heavy (non-hydrogen) atoms. The molecule has 0 unspecified atom stereocenters. The van der Waals surface area contributed by atoms with Gasteiger partial charge in [-0.2, -0.15) is 0 Å². The minimum absolute atomic E-state index is 0.646. The number of nitrogens with two attached hydrogens (primary N) is 1. The van der Waals surface area contributed by atoms with Crippen molar-refractivity contribution >= 4 is 17.3 Å². The van der Waals surface area contributed by atoms with Crippen molar-refractivity contribution in [2.45, 2.75) is 19.8 Å². The molecule has 0 atom stereocenters. The lowest BCUT2D eigenvalue weighted by Crippen LogP contribution is -2.13.